The zero-order valence-corrected chi connectivity index (χ0v) is 10.5. The Balaban J connectivity index is 2.24. The van der Waals surface area contributed by atoms with Crippen molar-refractivity contribution in [3.05, 3.63) is 11.3 Å². The number of nitrogens with zero attached hydrogens (tertiary/aromatic N) is 3. The molecule has 0 radical (unpaired) electrons. The second kappa shape index (κ2) is 4.48. The Morgan fingerprint density at radius 3 is 2.94 bits per heavy atom. The van der Waals surface area contributed by atoms with Gasteiger partial charge < -0.3 is 4.74 Å². The first-order valence-electron chi connectivity index (χ1n) is 5.35. The molecule has 1 saturated heterocycles. The van der Waals surface area contributed by atoms with Gasteiger partial charge >= 0.3 is 0 Å². The number of hydrogen-bond acceptors (Lipinski definition) is 4. The molecule has 2 unspecified atom stereocenters. The van der Waals surface area contributed by atoms with Gasteiger partial charge in [-0.15, -0.1) is 0 Å². The van der Waals surface area contributed by atoms with Gasteiger partial charge in [-0.3, -0.25) is 4.68 Å². The Labute approximate surface area is 99.6 Å². The Morgan fingerprint density at radius 1 is 1.62 bits per heavy atom. The lowest BCUT2D eigenvalue weighted by Crippen LogP contribution is -2.14. The van der Waals surface area contributed by atoms with Crippen LogP contribution in [0.5, 0.6) is 0 Å². The van der Waals surface area contributed by atoms with Crippen molar-refractivity contribution < 1.29 is 4.74 Å². The maximum Gasteiger partial charge on any atom is 0.112 e. The molecule has 0 N–H and O–H groups in total. The highest BCUT2D eigenvalue weighted by Gasteiger charge is 2.27. The van der Waals surface area contributed by atoms with Gasteiger partial charge in [-0.2, -0.15) is 10.4 Å². The van der Waals surface area contributed by atoms with Crippen molar-refractivity contribution in [2.75, 3.05) is 6.61 Å². The molecule has 86 valence electrons. The zero-order valence-electron chi connectivity index (χ0n) is 9.73. The molecular weight excluding hydrogens is 222 g/mol. The normalized spacial score (nSPS) is 24.6. The quantitative estimate of drug-likeness (QED) is 0.788. The molecule has 1 aliphatic heterocycles. The molecule has 1 aliphatic rings. The maximum absolute atomic E-state index is 9.10. The molecule has 0 amide bonds. The summed E-state index contributed by atoms with van der Waals surface area (Å²) in [5.41, 5.74) is 1.51. The molecule has 5 heteroatoms. The molecule has 2 rings (SSSR count). The van der Waals surface area contributed by atoms with E-state index in [4.69, 9.17) is 10.00 Å². The second-order valence-electron chi connectivity index (χ2n) is 4.02. The van der Waals surface area contributed by atoms with Crippen LogP contribution in [0.1, 0.15) is 24.6 Å². The third kappa shape index (κ3) is 1.95. The van der Waals surface area contributed by atoms with Gasteiger partial charge in [-0.1, -0.05) is 11.8 Å². The Hall–Kier alpha value is -0.990. The van der Waals surface area contributed by atoms with Crippen molar-refractivity contribution in [3.63, 3.8) is 0 Å². The highest BCUT2D eigenvalue weighted by atomic mass is 32.2. The second-order valence-corrected chi connectivity index (χ2v) is 5.25. The number of thioether (sulfide) groups is 1. The molecule has 2 heterocycles. The van der Waals surface area contributed by atoms with Gasteiger partial charge in [0.2, 0.25) is 0 Å². The molecule has 0 bridgehead atoms. The van der Waals surface area contributed by atoms with E-state index in [9.17, 15) is 0 Å². The van der Waals surface area contributed by atoms with Crippen molar-refractivity contribution in [3.8, 4) is 6.07 Å². The molecule has 1 aromatic rings. The minimum atomic E-state index is 0.256. The average Bonchev–Trinajstić information content (AvgIpc) is 2.74. The van der Waals surface area contributed by atoms with Gasteiger partial charge in [0.25, 0.3) is 0 Å². The smallest absolute Gasteiger partial charge is 0.112 e. The van der Waals surface area contributed by atoms with Crippen LogP contribution in [0.25, 0.3) is 0 Å². The summed E-state index contributed by atoms with van der Waals surface area (Å²) in [6.45, 7) is 4.77. The molecule has 0 aliphatic carbocycles. The van der Waals surface area contributed by atoms with Gasteiger partial charge in [-0.25, -0.2) is 0 Å². The first-order valence-corrected chi connectivity index (χ1v) is 6.23. The van der Waals surface area contributed by atoms with Gasteiger partial charge in [0.1, 0.15) is 16.7 Å². The van der Waals surface area contributed by atoms with Crippen LogP contribution in [-0.2, 0) is 11.8 Å². The monoisotopic (exact) mass is 237 g/mol. The topological polar surface area (TPSA) is 50.8 Å². The van der Waals surface area contributed by atoms with Crippen molar-refractivity contribution in [2.24, 2.45) is 7.05 Å². The Kier molecular flexibility index (Phi) is 3.22. The van der Waals surface area contributed by atoms with E-state index in [2.05, 4.69) is 18.1 Å². The number of aryl methyl sites for hydroxylation is 2. The highest BCUT2D eigenvalue weighted by Crippen LogP contribution is 2.34. The molecule has 0 spiro atoms. The molecule has 1 aromatic heterocycles. The minimum Gasteiger partial charge on any atom is -0.377 e. The van der Waals surface area contributed by atoms with Crippen molar-refractivity contribution in [1.29, 1.82) is 5.26 Å². The van der Waals surface area contributed by atoms with Crippen LogP contribution < -0.4 is 0 Å². The van der Waals surface area contributed by atoms with Crippen LogP contribution in [0.15, 0.2) is 5.03 Å². The van der Waals surface area contributed by atoms with Gasteiger partial charge in [-0.05, 0) is 20.3 Å². The van der Waals surface area contributed by atoms with Gasteiger partial charge in [0.15, 0.2) is 0 Å². The van der Waals surface area contributed by atoms with Crippen LogP contribution in [0.2, 0.25) is 0 Å². The third-order valence-electron chi connectivity index (χ3n) is 2.85. The fourth-order valence-electron chi connectivity index (χ4n) is 1.91. The van der Waals surface area contributed by atoms with Crippen LogP contribution in [-0.4, -0.2) is 27.7 Å². The lowest BCUT2D eigenvalue weighted by atomic mass is 10.3. The Bertz CT molecular complexity index is 435. The number of hydrogen-bond donors (Lipinski definition) is 0. The lowest BCUT2D eigenvalue weighted by Gasteiger charge is -2.13. The summed E-state index contributed by atoms with van der Waals surface area (Å²) >= 11 is 1.71. The first kappa shape index (κ1) is 11.5. The van der Waals surface area contributed by atoms with E-state index >= 15 is 0 Å². The Morgan fingerprint density at radius 2 is 2.38 bits per heavy atom. The third-order valence-corrected chi connectivity index (χ3v) is 4.46. The SMILES string of the molecule is Cc1nn(C)c(SC2CCOC2C)c1C#N. The fourth-order valence-corrected chi connectivity index (χ4v) is 3.19. The molecule has 4 nitrogen and oxygen atoms in total. The summed E-state index contributed by atoms with van der Waals surface area (Å²) in [4.78, 5) is 0. The van der Waals surface area contributed by atoms with E-state index in [0.29, 0.717) is 10.8 Å². The van der Waals surface area contributed by atoms with Crippen LogP contribution in [0, 0.1) is 18.3 Å². The van der Waals surface area contributed by atoms with Crippen LogP contribution in [0.3, 0.4) is 0 Å². The number of rotatable bonds is 2. The summed E-state index contributed by atoms with van der Waals surface area (Å²) in [5, 5.41) is 14.8. The van der Waals surface area contributed by atoms with E-state index < -0.39 is 0 Å². The van der Waals surface area contributed by atoms with Crippen molar-refractivity contribution in [2.45, 2.75) is 36.6 Å². The zero-order chi connectivity index (χ0) is 11.7. The standard InChI is InChI=1S/C11H15N3OS/c1-7-9(6-12)11(14(3)13-7)16-10-4-5-15-8(10)2/h8,10H,4-5H2,1-3H3. The summed E-state index contributed by atoms with van der Waals surface area (Å²) < 4.78 is 7.32. The summed E-state index contributed by atoms with van der Waals surface area (Å²) in [6, 6.07) is 2.23. The van der Waals surface area contributed by atoms with Crippen molar-refractivity contribution >= 4 is 11.8 Å². The van der Waals surface area contributed by atoms with Crippen LogP contribution >= 0.6 is 11.8 Å². The number of ether oxygens (including phenoxy) is 1. The summed E-state index contributed by atoms with van der Waals surface area (Å²) in [5.74, 6) is 0. The van der Waals surface area contributed by atoms with E-state index in [1.165, 1.54) is 0 Å². The summed E-state index contributed by atoms with van der Waals surface area (Å²) in [7, 11) is 1.89. The fraction of sp³-hybridized carbons (Fsp3) is 0.636. The number of nitriles is 1. The largest absolute Gasteiger partial charge is 0.377 e. The van der Waals surface area contributed by atoms with E-state index in [0.717, 1.165) is 23.7 Å². The average molecular weight is 237 g/mol. The maximum atomic E-state index is 9.10. The number of aromatic nitrogens is 2. The molecular formula is C11H15N3OS. The molecule has 0 aromatic carbocycles. The van der Waals surface area contributed by atoms with E-state index in [-0.39, 0.29) is 6.10 Å². The van der Waals surface area contributed by atoms with Gasteiger partial charge in [0, 0.05) is 18.9 Å². The van der Waals surface area contributed by atoms with E-state index in [1.807, 2.05) is 14.0 Å². The predicted octanol–water partition coefficient (Wildman–Crippen LogP) is 1.87. The summed E-state index contributed by atoms with van der Waals surface area (Å²) in [6.07, 6.45) is 1.30. The van der Waals surface area contributed by atoms with E-state index in [1.54, 1.807) is 16.4 Å². The molecule has 16 heavy (non-hydrogen) atoms. The molecule has 2 atom stereocenters. The minimum absolute atomic E-state index is 0.256. The molecule has 1 fully saturated rings. The van der Waals surface area contributed by atoms with Crippen LogP contribution in [0.4, 0.5) is 0 Å². The predicted molar refractivity (Wildman–Crippen MR) is 62.3 cm³/mol. The van der Waals surface area contributed by atoms with Gasteiger partial charge in [0.05, 0.1) is 11.8 Å². The highest BCUT2D eigenvalue weighted by molar-refractivity contribution is 8.00. The first-order chi connectivity index (χ1) is 7.63. The molecule has 0 saturated carbocycles. The van der Waals surface area contributed by atoms with Crippen molar-refractivity contribution in [1.82, 2.24) is 9.78 Å². The lowest BCUT2D eigenvalue weighted by molar-refractivity contribution is 0.127.